The second-order valence-electron chi connectivity index (χ2n) is 6.70. The first-order valence-electron chi connectivity index (χ1n) is 8.19. The number of halogens is 3. The Hall–Kier alpha value is -2.50. The molecule has 0 bridgehead atoms. The number of rotatable bonds is 2. The fraction of sp³-hybridized carbons (Fsp3) is 0.316. The number of benzene rings is 1. The molecule has 25 heavy (non-hydrogen) atoms. The summed E-state index contributed by atoms with van der Waals surface area (Å²) in [6.07, 6.45) is -0.330. The third kappa shape index (κ3) is 2.65. The van der Waals surface area contributed by atoms with Crippen molar-refractivity contribution in [2.24, 2.45) is 0 Å². The van der Waals surface area contributed by atoms with Gasteiger partial charge >= 0.3 is 6.18 Å². The number of anilines is 1. The summed E-state index contributed by atoms with van der Waals surface area (Å²) in [7, 11) is 0. The lowest BCUT2D eigenvalue weighted by Gasteiger charge is -2.08. The summed E-state index contributed by atoms with van der Waals surface area (Å²) in [5, 5.41) is 2.54. The van der Waals surface area contributed by atoms with Gasteiger partial charge in [-0.15, -0.1) is 0 Å². The molecule has 2 aromatic rings. The Morgan fingerprint density at radius 3 is 2.56 bits per heavy atom. The van der Waals surface area contributed by atoms with Gasteiger partial charge in [0.1, 0.15) is 0 Å². The maximum absolute atomic E-state index is 12.8. The second kappa shape index (κ2) is 5.25. The van der Waals surface area contributed by atoms with Crippen LogP contribution in [0.1, 0.15) is 47.0 Å². The van der Waals surface area contributed by atoms with E-state index in [4.69, 9.17) is 0 Å². The zero-order valence-electron chi connectivity index (χ0n) is 13.9. The quantitative estimate of drug-likeness (QED) is 0.767. The molecule has 4 rings (SSSR count). The zero-order chi connectivity index (χ0) is 17.9. The van der Waals surface area contributed by atoms with Crippen molar-refractivity contribution < 1.29 is 18.0 Å². The van der Waals surface area contributed by atoms with Crippen molar-refractivity contribution in [1.29, 1.82) is 0 Å². The van der Waals surface area contributed by atoms with Crippen LogP contribution in [0.4, 0.5) is 18.9 Å². The summed E-state index contributed by atoms with van der Waals surface area (Å²) in [6, 6.07) is 5.92. The Labute approximate surface area is 143 Å². The minimum atomic E-state index is -4.43. The van der Waals surface area contributed by atoms with Crippen LogP contribution in [0, 0.1) is 13.8 Å². The monoisotopic (exact) mass is 346 g/mol. The summed E-state index contributed by atoms with van der Waals surface area (Å²) in [4.78, 5) is 12.3. The van der Waals surface area contributed by atoms with E-state index < -0.39 is 11.7 Å². The first-order chi connectivity index (χ1) is 11.8. The molecule has 1 N–H and O–H groups in total. The Balaban J connectivity index is 1.77. The van der Waals surface area contributed by atoms with Crippen molar-refractivity contribution >= 4 is 23.2 Å². The zero-order valence-corrected chi connectivity index (χ0v) is 13.9. The van der Waals surface area contributed by atoms with Crippen LogP contribution in [0.2, 0.25) is 0 Å². The van der Waals surface area contributed by atoms with Crippen molar-refractivity contribution in [1.82, 2.24) is 4.57 Å². The van der Waals surface area contributed by atoms with E-state index in [1.807, 2.05) is 19.9 Å². The lowest BCUT2D eigenvalue weighted by atomic mass is 10.0. The minimum absolute atomic E-state index is 0.210. The van der Waals surface area contributed by atoms with Crippen molar-refractivity contribution in [2.45, 2.75) is 38.9 Å². The van der Waals surface area contributed by atoms with Gasteiger partial charge in [-0.1, -0.05) is 6.07 Å². The first-order valence-corrected chi connectivity index (χ1v) is 8.19. The third-order valence-corrected chi connectivity index (χ3v) is 4.87. The molecular weight excluding hydrogens is 329 g/mol. The van der Waals surface area contributed by atoms with E-state index in [-0.39, 0.29) is 11.6 Å². The van der Waals surface area contributed by atoms with Gasteiger partial charge in [0.15, 0.2) is 0 Å². The molecule has 0 radical (unpaired) electrons. The van der Waals surface area contributed by atoms with Gasteiger partial charge in [0.2, 0.25) is 0 Å². The van der Waals surface area contributed by atoms with Crippen molar-refractivity contribution in [3.05, 3.63) is 52.3 Å². The molecule has 1 aliphatic carbocycles. The van der Waals surface area contributed by atoms with Crippen LogP contribution in [0.3, 0.4) is 0 Å². The Bertz CT molecular complexity index is 917. The van der Waals surface area contributed by atoms with Gasteiger partial charge < -0.3 is 9.88 Å². The molecule has 0 unspecified atom stereocenters. The molecule has 1 aliphatic heterocycles. The Morgan fingerprint density at radius 1 is 1.20 bits per heavy atom. The molecular formula is C19H17F3N2O. The van der Waals surface area contributed by atoms with Gasteiger partial charge in [-0.3, -0.25) is 4.79 Å². The molecule has 2 aliphatic rings. The molecule has 0 atom stereocenters. The third-order valence-electron chi connectivity index (χ3n) is 4.87. The molecule has 3 nitrogen and oxygen atoms in total. The average molecular weight is 346 g/mol. The number of fused-ring (bicyclic) bond motifs is 1. The highest BCUT2D eigenvalue weighted by molar-refractivity contribution is 6.35. The number of hydrogen-bond acceptors (Lipinski definition) is 1. The van der Waals surface area contributed by atoms with Crippen LogP contribution < -0.4 is 5.32 Å². The second-order valence-corrected chi connectivity index (χ2v) is 6.70. The summed E-state index contributed by atoms with van der Waals surface area (Å²) in [5.74, 6) is -0.370. The summed E-state index contributed by atoms with van der Waals surface area (Å²) < 4.78 is 40.8. The molecule has 6 heteroatoms. The molecule has 1 aromatic heterocycles. The smallest absolute Gasteiger partial charge is 0.346 e. The number of aromatic nitrogens is 1. The van der Waals surface area contributed by atoms with Gasteiger partial charge in [-0.2, -0.15) is 13.2 Å². The van der Waals surface area contributed by atoms with Crippen molar-refractivity contribution in [2.75, 3.05) is 5.32 Å². The van der Waals surface area contributed by atoms with E-state index in [0.717, 1.165) is 41.9 Å². The number of amides is 1. The largest absolute Gasteiger partial charge is 0.416 e. The van der Waals surface area contributed by atoms with Crippen LogP contribution in [-0.4, -0.2) is 10.5 Å². The molecule has 1 aromatic carbocycles. The predicted molar refractivity (Wildman–Crippen MR) is 90.1 cm³/mol. The van der Waals surface area contributed by atoms with E-state index in [1.165, 1.54) is 6.07 Å². The number of alkyl halides is 3. The van der Waals surface area contributed by atoms with Crippen molar-refractivity contribution in [3.8, 4) is 0 Å². The molecule has 1 saturated carbocycles. The van der Waals surface area contributed by atoms with Gasteiger partial charge in [0.25, 0.3) is 5.91 Å². The normalized spacial score (nSPS) is 18.6. The number of nitrogens with zero attached hydrogens (tertiary/aromatic N) is 1. The topological polar surface area (TPSA) is 34.0 Å². The molecule has 1 amide bonds. The van der Waals surface area contributed by atoms with Crippen LogP contribution in [-0.2, 0) is 11.0 Å². The summed E-state index contributed by atoms with van der Waals surface area (Å²) >= 11 is 0. The van der Waals surface area contributed by atoms with Crippen LogP contribution in [0.15, 0.2) is 24.3 Å². The van der Waals surface area contributed by atoms with E-state index in [9.17, 15) is 18.0 Å². The molecule has 130 valence electrons. The Morgan fingerprint density at radius 2 is 1.92 bits per heavy atom. The number of aryl methyl sites for hydroxylation is 1. The highest BCUT2D eigenvalue weighted by Gasteiger charge is 2.34. The number of hydrogen-bond donors (Lipinski definition) is 1. The fourth-order valence-electron chi connectivity index (χ4n) is 3.51. The first kappa shape index (κ1) is 16.0. The average Bonchev–Trinajstić information content (AvgIpc) is 3.24. The minimum Gasteiger partial charge on any atom is -0.346 e. The van der Waals surface area contributed by atoms with Gasteiger partial charge in [0.05, 0.1) is 5.56 Å². The number of carbonyl (C=O) groups is 1. The highest BCUT2D eigenvalue weighted by Crippen LogP contribution is 2.41. The van der Waals surface area contributed by atoms with Crippen LogP contribution in [0.25, 0.3) is 11.6 Å². The predicted octanol–water partition coefficient (Wildman–Crippen LogP) is 4.95. The maximum Gasteiger partial charge on any atom is 0.416 e. The van der Waals surface area contributed by atoms with Crippen molar-refractivity contribution in [3.63, 3.8) is 0 Å². The number of carbonyl (C=O) groups excluding carboxylic acids is 1. The summed E-state index contributed by atoms with van der Waals surface area (Å²) in [5.41, 5.74) is 3.51. The van der Waals surface area contributed by atoms with E-state index >= 15 is 0 Å². The van der Waals surface area contributed by atoms with Gasteiger partial charge in [-0.05, 0) is 56.5 Å². The highest BCUT2D eigenvalue weighted by atomic mass is 19.4. The SMILES string of the molecule is Cc1cc(/C=C2/C(=O)Nc3cc(C(F)(F)F)ccc32)c(C)n1C1CC1. The van der Waals surface area contributed by atoms with E-state index in [0.29, 0.717) is 17.2 Å². The standard InChI is InChI=1S/C19H17F3N2O/c1-10-7-12(11(2)24(10)14-4-5-14)8-16-15-6-3-13(19(20,21)22)9-17(15)23-18(16)25/h3,6-9,14H,4-5H2,1-2H3,(H,23,25)/b16-8+. The van der Waals surface area contributed by atoms with Crippen LogP contribution >= 0.6 is 0 Å². The van der Waals surface area contributed by atoms with E-state index in [1.54, 1.807) is 6.08 Å². The molecule has 0 spiro atoms. The fourth-order valence-corrected chi connectivity index (χ4v) is 3.51. The van der Waals surface area contributed by atoms with Gasteiger partial charge in [0, 0.05) is 34.3 Å². The summed E-state index contributed by atoms with van der Waals surface area (Å²) in [6.45, 7) is 4.05. The molecule has 0 saturated heterocycles. The molecule has 1 fully saturated rings. The molecule has 2 heterocycles. The van der Waals surface area contributed by atoms with Gasteiger partial charge in [-0.25, -0.2) is 0 Å². The maximum atomic E-state index is 12.8. The van der Waals surface area contributed by atoms with E-state index in [2.05, 4.69) is 9.88 Å². The lowest BCUT2D eigenvalue weighted by Crippen LogP contribution is -2.06. The Kier molecular flexibility index (Phi) is 3.36. The number of nitrogens with one attached hydrogen (secondary N) is 1. The van der Waals surface area contributed by atoms with Crippen LogP contribution in [0.5, 0.6) is 0 Å². The lowest BCUT2D eigenvalue weighted by molar-refractivity contribution is -0.137.